The van der Waals surface area contributed by atoms with Crippen LogP contribution in [0.5, 0.6) is 0 Å². The van der Waals surface area contributed by atoms with E-state index in [1.807, 2.05) is 38.1 Å². The van der Waals surface area contributed by atoms with Gasteiger partial charge in [0.1, 0.15) is 0 Å². The molecule has 1 aromatic carbocycles. The first kappa shape index (κ1) is 14.0. The van der Waals surface area contributed by atoms with E-state index in [1.165, 1.54) is 0 Å². The molecule has 0 saturated carbocycles. The average molecular weight is 255 g/mol. The Kier molecular flexibility index (Phi) is 4.54. The third-order valence-electron chi connectivity index (χ3n) is 2.74. The molecule has 94 valence electrons. The van der Waals surface area contributed by atoms with Gasteiger partial charge in [-0.1, -0.05) is 23.7 Å². The number of benzene rings is 1. The normalized spacial score (nSPS) is 11.4. The average Bonchev–Trinajstić information content (AvgIpc) is 2.28. The molecule has 1 rings (SSSR count). The Morgan fingerprint density at radius 1 is 1.47 bits per heavy atom. The van der Waals surface area contributed by atoms with E-state index in [0.29, 0.717) is 18.1 Å². The van der Waals surface area contributed by atoms with Crippen LogP contribution in [0.4, 0.5) is 0 Å². The zero-order valence-electron chi connectivity index (χ0n) is 10.5. The van der Waals surface area contributed by atoms with Crippen molar-refractivity contribution in [2.24, 2.45) is 11.1 Å². The van der Waals surface area contributed by atoms with Crippen LogP contribution < -0.4 is 5.73 Å². The summed E-state index contributed by atoms with van der Waals surface area (Å²) in [6, 6.07) is 7.51. The standard InChI is InChI=1S/C13H19ClN2O/c1-13(2,9-15)12(17)16(3)8-10-5-4-6-11(14)7-10/h4-7H,8-9,15H2,1-3H3. The molecule has 1 amide bonds. The second-order valence-electron chi connectivity index (χ2n) is 4.88. The van der Waals surface area contributed by atoms with Gasteiger partial charge in [0.2, 0.25) is 5.91 Å². The highest BCUT2D eigenvalue weighted by atomic mass is 35.5. The Balaban J connectivity index is 2.73. The highest BCUT2D eigenvalue weighted by Gasteiger charge is 2.28. The first-order valence-electron chi connectivity index (χ1n) is 5.57. The van der Waals surface area contributed by atoms with Crippen molar-refractivity contribution < 1.29 is 4.79 Å². The van der Waals surface area contributed by atoms with Crippen molar-refractivity contribution in [1.29, 1.82) is 0 Å². The number of carbonyl (C=O) groups is 1. The molecule has 3 nitrogen and oxygen atoms in total. The van der Waals surface area contributed by atoms with Crippen LogP contribution in [0.2, 0.25) is 5.02 Å². The van der Waals surface area contributed by atoms with Crippen molar-refractivity contribution >= 4 is 17.5 Å². The van der Waals surface area contributed by atoms with Crippen LogP contribution in [0.1, 0.15) is 19.4 Å². The monoisotopic (exact) mass is 254 g/mol. The predicted octanol–water partition coefficient (Wildman–Crippen LogP) is 2.28. The summed E-state index contributed by atoms with van der Waals surface area (Å²) in [4.78, 5) is 13.8. The van der Waals surface area contributed by atoms with E-state index in [4.69, 9.17) is 17.3 Å². The second-order valence-corrected chi connectivity index (χ2v) is 5.32. The summed E-state index contributed by atoms with van der Waals surface area (Å²) in [6.07, 6.45) is 0. The molecular formula is C13H19ClN2O. The predicted molar refractivity (Wildman–Crippen MR) is 70.8 cm³/mol. The summed E-state index contributed by atoms with van der Waals surface area (Å²) < 4.78 is 0. The fourth-order valence-corrected chi connectivity index (χ4v) is 1.80. The summed E-state index contributed by atoms with van der Waals surface area (Å²) in [6.45, 7) is 4.59. The molecule has 0 unspecified atom stereocenters. The minimum atomic E-state index is -0.521. The lowest BCUT2D eigenvalue weighted by Crippen LogP contribution is -2.42. The minimum Gasteiger partial charge on any atom is -0.341 e. The van der Waals surface area contributed by atoms with E-state index in [9.17, 15) is 4.79 Å². The van der Waals surface area contributed by atoms with Crippen LogP contribution in [0, 0.1) is 5.41 Å². The number of nitrogens with zero attached hydrogens (tertiary/aromatic N) is 1. The van der Waals surface area contributed by atoms with Gasteiger partial charge in [-0.3, -0.25) is 4.79 Å². The molecule has 0 heterocycles. The number of rotatable bonds is 4. The Morgan fingerprint density at radius 3 is 2.65 bits per heavy atom. The molecule has 1 aromatic rings. The Labute approximate surface area is 108 Å². The van der Waals surface area contributed by atoms with Crippen LogP contribution >= 0.6 is 11.6 Å². The van der Waals surface area contributed by atoms with Crippen LogP contribution in [0.3, 0.4) is 0 Å². The van der Waals surface area contributed by atoms with Crippen molar-refractivity contribution in [3.8, 4) is 0 Å². The summed E-state index contributed by atoms with van der Waals surface area (Å²) >= 11 is 5.90. The Morgan fingerprint density at radius 2 is 2.12 bits per heavy atom. The van der Waals surface area contributed by atoms with Gasteiger partial charge in [-0.05, 0) is 31.5 Å². The molecule has 2 N–H and O–H groups in total. The van der Waals surface area contributed by atoms with E-state index in [2.05, 4.69) is 0 Å². The second kappa shape index (κ2) is 5.52. The van der Waals surface area contributed by atoms with E-state index < -0.39 is 5.41 Å². The van der Waals surface area contributed by atoms with Gasteiger partial charge in [-0.25, -0.2) is 0 Å². The topological polar surface area (TPSA) is 46.3 Å². The molecular weight excluding hydrogens is 236 g/mol. The molecule has 0 saturated heterocycles. The van der Waals surface area contributed by atoms with Gasteiger partial charge in [0.05, 0.1) is 5.41 Å². The third-order valence-corrected chi connectivity index (χ3v) is 2.98. The number of carbonyl (C=O) groups excluding carboxylic acids is 1. The lowest BCUT2D eigenvalue weighted by Gasteiger charge is -2.28. The van der Waals surface area contributed by atoms with Crippen LogP contribution in [-0.2, 0) is 11.3 Å². The van der Waals surface area contributed by atoms with Gasteiger partial charge in [0, 0.05) is 25.2 Å². The highest BCUT2D eigenvalue weighted by molar-refractivity contribution is 6.30. The maximum atomic E-state index is 12.1. The van der Waals surface area contributed by atoms with Gasteiger partial charge >= 0.3 is 0 Å². The lowest BCUT2D eigenvalue weighted by molar-refractivity contribution is -0.139. The fourth-order valence-electron chi connectivity index (χ4n) is 1.58. The molecule has 0 bridgehead atoms. The molecule has 0 aliphatic heterocycles. The van der Waals surface area contributed by atoms with Gasteiger partial charge in [-0.15, -0.1) is 0 Å². The largest absolute Gasteiger partial charge is 0.341 e. The van der Waals surface area contributed by atoms with E-state index >= 15 is 0 Å². The molecule has 4 heteroatoms. The van der Waals surface area contributed by atoms with Crippen molar-refractivity contribution in [2.45, 2.75) is 20.4 Å². The van der Waals surface area contributed by atoms with E-state index in [1.54, 1.807) is 11.9 Å². The summed E-state index contributed by atoms with van der Waals surface area (Å²) in [7, 11) is 1.78. The van der Waals surface area contributed by atoms with Crippen molar-refractivity contribution in [3.05, 3.63) is 34.9 Å². The number of hydrogen-bond acceptors (Lipinski definition) is 2. The molecule has 0 radical (unpaired) electrons. The fraction of sp³-hybridized carbons (Fsp3) is 0.462. The van der Waals surface area contributed by atoms with Crippen LogP contribution in [-0.4, -0.2) is 24.4 Å². The van der Waals surface area contributed by atoms with Crippen LogP contribution in [0.25, 0.3) is 0 Å². The molecule has 0 aromatic heterocycles. The third kappa shape index (κ3) is 3.72. The van der Waals surface area contributed by atoms with Gasteiger partial charge < -0.3 is 10.6 Å². The molecule has 17 heavy (non-hydrogen) atoms. The molecule has 0 spiro atoms. The smallest absolute Gasteiger partial charge is 0.229 e. The quantitative estimate of drug-likeness (QED) is 0.896. The Bertz CT molecular complexity index is 404. The first-order valence-corrected chi connectivity index (χ1v) is 5.94. The van der Waals surface area contributed by atoms with E-state index in [-0.39, 0.29) is 5.91 Å². The SMILES string of the molecule is CN(Cc1cccc(Cl)c1)C(=O)C(C)(C)CN. The number of halogens is 1. The number of amides is 1. The lowest BCUT2D eigenvalue weighted by atomic mass is 9.92. The van der Waals surface area contributed by atoms with Crippen molar-refractivity contribution in [2.75, 3.05) is 13.6 Å². The molecule has 0 atom stereocenters. The zero-order valence-corrected chi connectivity index (χ0v) is 11.3. The number of hydrogen-bond donors (Lipinski definition) is 1. The molecule has 0 aliphatic rings. The molecule has 0 aliphatic carbocycles. The minimum absolute atomic E-state index is 0.0416. The van der Waals surface area contributed by atoms with Crippen LogP contribution in [0.15, 0.2) is 24.3 Å². The summed E-state index contributed by atoms with van der Waals surface area (Å²) in [5.74, 6) is 0.0416. The summed E-state index contributed by atoms with van der Waals surface area (Å²) in [5, 5.41) is 0.682. The summed E-state index contributed by atoms with van der Waals surface area (Å²) in [5.41, 5.74) is 6.09. The van der Waals surface area contributed by atoms with Gasteiger partial charge in [0.15, 0.2) is 0 Å². The van der Waals surface area contributed by atoms with Crippen molar-refractivity contribution in [1.82, 2.24) is 4.90 Å². The maximum Gasteiger partial charge on any atom is 0.229 e. The van der Waals surface area contributed by atoms with Gasteiger partial charge in [-0.2, -0.15) is 0 Å². The number of nitrogens with two attached hydrogens (primary N) is 1. The van der Waals surface area contributed by atoms with Gasteiger partial charge in [0.25, 0.3) is 0 Å². The van der Waals surface area contributed by atoms with Crippen molar-refractivity contribution in [3.63, 3.8) is 0 Å². The maximum absolute atomic E-state index is 12.1. The molecule has 0 fully saturated rings. The van der Waals surface area contributed by atoms with E-state index in [0.717, 1.165) is 5.56 Å². The zero-order chi connectivity index (χ0) is 13.1. The Hall–Kier alpha value is -1.06. The first-order chi connectivity index (χ1) is 7.86. The highest BCUT2D eigenvalue weighted by Crippen LogP contribution is 2.18.